The molecule has 0 atom stereocenters. The van der Waals surface area contributed by atoms with Crippen LogP contribution in [0.25, 0.3) is 11.4 Å². The summed E-state index contributed by atoms with van der Waals surface area (Å²) in [4.78, 5) is 20.8. The summed E-state index contributed by atoms with van der Waals surface area (Å²) in [6.45, 7) is 5.79. The van der Waals surface area contributed by atoms with Crippen LogP contribution in [0.15, 0.2) is 28.7 Å². The number of benzene rings is 1. The van der Waals surface area contributed by atoms with Gasteiger partial charge in [0.1, 0.15) is 11.6 Å². The summed E-state index contributed by atoms with van der Waals surface area (Å²) >= 11 is 0. The number of aromatic amines is 1. The summed E-state index contributed by atoms with van der Waals surface area (Å²) in [5.74, 6) is 2.35. The molecule has 0 saturated carbocycles. The third-order valence-corrected chi connectivity index (χ3v) is 3.45. The van der Waals surface area contributed by atoms with E-state index in [0.717, 1.165) is 22.8 Å². The summed E-state index contributed by atoms with van der Waals surface area (Å²) in [5.41, 5.74) is 2.14. The minimum Gasteiger partial charge on any atom is -0.444 e. The number of hydrogen-bond acceptors (Lipinski definition) is 5. The third kappa shape index (κ3) is 3.28. The highest BCUT2D eigenvalue weighted by Crippen LogP contribution is 2.16. The lowest BCUT2D eigenvalue weighted by molar-refractivity contribution is 0.0947. The van der Waals surface area contributed by atoms with Gasteiger partial charge in [-0.2, -0.15) is 5.10 Å². The summed E-state index contributed by atoms with van der Waals surface area (Å²) in [6.07, 6.45) is 0. The number of nitrogens with one attached hydrogen (secondary N) is 2. The van der Waals surface area contributed by atoms with E-state index in [0.29, 0.717) is 17.3 Å². The average molecular weight is 311 g/mol. The summed E-state index contributed by atoms with van der Waals surface area (Å²) in [7, 11) is 0. The molecule has 0 bridgehead atoms. The van der Waals surface area contributed by atoms with Crippen molar-refractivity contribution in [3.63, 3.8) is 0 Å². The molecular weight excluding hydrogens is 294 g/mol. The Bertz CT molecular complexity index is 830. The van der Waals surface area contributed by atoms with E-state index < -0.39 is 0 Å². The molecule has 0 aliphatic heterocycles. The van der Waals surface area contributed by atoms with Gasteiger partial charge in [0.15, 0.2) is 5.82 Å². The lowest BCUT2D eigenvalue weighted by Crippen LogP contribution is -2.22. The van der Waals surface area contributed by atoms with Crippen molar-refractivity contribution in [1.29, 1.82) is 0 Å². The first-order valence-electron chi connectivity index (χ1n) is 7.23. The predicted molar refractivity (Wildman–Crippen MR) is 83.7 cm³/mol. The van der Waals surface area contributed by atoms with E-state index >= 15 is 0 Å². The first kappa shape index (κ1) is 15.0. The van der Waals surface area contributed by atoms with Gasteiger partial charge in [0.25, 0.3) is 5.91 Å². The van der Waals surface area contributed by atoms with Crippen LogP contribution in [0.3, 0.4) is 0 Å². The van der Waals surface area contributed by atoms with Gasteiger partial charge >= 0.3 is 0 Å². The van der Waals surface area contributed by atoms with Crippen molar-refractivity contribution < 1.29 is 9.21 Å². The van der Waals surface area contributed by atoms with Crippen LogP contribution < -0.4 is 5.32 Å². The highest BCUT2D eigenvalue weighted by atomic mass is 16.4. The van der Waals surface area contributed by atoms with E-state index in [-0.39, 0.29) is 12.5 Å². The number of aryl methyl sites for hydroxylation is 3. The van der Waals surface area contributed by atoms with E-state index in [2.05, 4.69) is 25.5 Å². The van der Waals surface area contributed by atoms with Crippen LogP contribution in [-0.2, 0) is 6.54 Å². The normalized spacial score (nSPS) is 10.7. The van der Waals surface area contributed by atoms with Gasteiger partial charge in [-0.1, -0.05) is 12.1 Å². The fraction of sp³-hybridized carbons (Fsp3) is 0.250. The molecule has 0 saturated heterocycles. The average Bonchev–Trinajstić information content (AvgIpc) is 3.11. The van der Waals surface area contributed by atoms with Gasteiger partial charge in [-0.05, 0) is 32.9 Å². The monoisotopic (exact) mass is 311 g/mol. The number of carbonyl (C=O) groups excluding carboxylic acids is 1. The van der Waals surface area contributed by atoms with Crippen molar-refractivity contribution in [2.75, 3.05) is 0 Å². The molecule has 1 amide bonds. The van der Waals surface area contributed by atoms with Gasteiger partial charge in [0.2, 0.25) is 5.89 Å². The third-order valence-electron chi connectivity index (χ3n) is 3.45. The Morgan fingerprint density at radius 2 is 2.09 bits per heavy atom. The maximum atomic E-state index is 12.3. The zero-order valence-corrected chi connectivity index (χ0v) is 13.2. The van der Waals surface area contributed by atoms with Crippen LogP contribution in [0.5, 0.6) is 0 Å². The predicted octanol–water partition coefficient (Wildman–Crippen LogP) is 2.31. The van der Waals surface area contributed by atoms with Crippen molar-refractivity contribution in [3.05, 3.63) is 53.0 Å². The molecule has 2 N–H and O–H groups in total. The molecule has 1 aromatic carbocycles. The molecule has 2 heterocycles. The lowest BCUT2D eigenvalue weighted by atomic mass is 10.1. The van der Waals surface area contributed by atoms with Crippen molar-refractivity contribution in [2.45, 2.75) is 27.3 Å². The van der Waals surface area contributed by atoms with Crippen LogP contribution in [-0.4, -0.2) is 26.1 Å². The molecule has 3 aromatic rings. The Kier molecular flexibility index (Phi) is 3.92. The Labute approximate surface area is 133 Å². The van der Waals surface area contributed by atoms with E-state index in [1.807, 2.05) is 26.8 Å². The number of H-pyrrole nitrogens is 1. The van der Waals surface area contributed by atoms with Gasteiger partial charge in [-0.3, -0.25) is 9.89 Å². The minimum atomic E-state index is -0.201. The molecule has 3 rings (SSSR count). The number of aromatic nitrogens is 4. The van der Waals surface area contributed by atoms with Crippen molar-refractivity contribution >= 4 is 5.91 Å². The number of carbonyl (C=O) groups is 1. The van der Waals surface area contributed by atoms with E-state index in [1.165, 1.54) is 0 Å². The number of nitrogens with zero attached hydrogens (tertiary/aromatic N) is 3. The van der Waals surface area contributed by atoms with E-state index in [9.17, 15) is 4.79 Å². The van der Waals surface area contributed by atoms with Crippen LogP contribution in [0.2, 0.25) is 0 Å². The highest BCUT2D eigenvalue weighted by Gasteiger charge is 2.11. The molecule has 118 valence electrons. The van der Waals surface area contributed by atoms with Gasteiger partial charge in [-0.25, -0.2) is 9.97 Å². The first-order chi connectivity index (χ1) is 11.0. The maximum absolute atomic E-state index is 12.3. The SMILES string of the molecule is Cc1nc(-c2cccc(C(=O)NCc3nc(C)c(C)o3)c2)n[nH]1. The fourth-order valence-corrected chi connectivity index (χ4v) is 2.14. The Hall–Kier alpha value is -2.96. The molecule has 0 aliphatic rings. The molecule has 23 heavy (non-hydrogen) atoms. The number of oxazole rings is 1. The molecule has 7 nitrogen and oxygen atoms in total. The fourth-order valence-electron chi connectivity index (χ4n) is 2.14. The van der Waals surface area contributed by atoms with Gasteiger partial charge in [-0.15, -0.1) is 0 Å². The van der Waals surface area contributed by atoms with E-state index in [1.54, 1.807) is 18.2 Å². The molecule has 0 unspecified atom stereocenters. The number of hydrogen-bond donors (Lipinski definition) is 2. The Balaban J connectivity index is 1.72. The zero-order valence-electron chi connectivity index (χ0n) is 13.2. The summed E-state index contributed by atoms with van der Waals surface area (Å²) in [6, 6.07) is 7.16. The molecule has 0 radical (unpaired) electrons. The zero-order chi connectivity index (χ0) is 16.4. The molecule has 0 fully saturated rings. The van der Waals surface area contributed by atoms with Crippen molar-refractivity contribution in [2.24, 2.45) is 0 Å². The van der Waals surface area contributed by atoms with Gasteiger partial charge in [0, 0.05) is 11.1 Å². The first-order valence-corrected chi connectivity index (χ1v) is 7.23. The second-order valence-corrected chi connectivity index (χ2v) is 5.26. The summed E-state index contributed by atoms with van der Waals surface area (Å²) < 4.78 is 5.45. The topological polar surface area (TPSA) is 96.7 Å². The number of rotatable bonds is 4. The highest BCUT2D eigenvalue weighted by molar-refractivity contribution is 5.95. The molecule has 0 aliphatic carbocycles. The maximum Gasteiger partial charge on any atom is 0.251 e. The van der Waals surface area contributed by atoms with Gasteiger partial charge < -0.3 is 9.73 Å². The quantitative estimate of drug-likeness (QED) is 0.770. The van der Waals surface area contributed by atoms with Crippen LogP contribution >= 0.6 is 0 Å². The van der Waals surface area contributed by atoms with Crippen LogP contribution in [0, 0.1) is 20.8 Å². The Morgan fingerprint density at radius 3 is 2.74 bits per heavy atom. The molecule has 0 spiro atoms. The van der Waals surface area contributed by atoms with Gasteiger partial charge in [0.05, 0.1) is 12.2 Å². The second-order valence-electron chi connectivity index (χ2n) is 5.26. The largest absolute Gasteiger partial charge is 0.444 e. The lowest BCUT2D eigenvalue weighted by Gasteiger charge is -2.04. The smallest absolute Gasteiger partial charge is 0.251 e. The summed E-state index contributed by atoms with van der Waals surface area (Å²) in [5, 5.41) is 9.68. The molecule has 7 heteroatoms. The second kappa shape index (κ2) is 6.04. The van der Waals surface area contributed by atoms with Crippen molar-refractivity contribution in [3.8, 4) is 11.4 Å². The van der Waals surface area contributed by atoms with Crippen LogP contribution in [0.1, 0.15) is 33.5 Å². The molecular formula is C16H17N5O2. The minimum absolute atomic E-state index is 0.201. The number of amides is 1. The standard InChI is InChI=1S/C16H17N5O2/c1-9-10(2)23-14(18-9)8-17-16(22)13-6-4-5-12(7-13)15-19-11(3)20-21-15/h4-7H,8H2,1-3H3,(H,17,22)(H,19,20,21). The van der Waals surface area contributed by atoms with E-state index in [4.69, 9.17) is 4.42 Å². The van der Waals surface area contributed by atoms with Crippen molar-refractivity contribution in [1.82, 2.24) is 25.5 Å². The molecule has 2 aromatic heterocycles. The Morgan fingerprint density at radius 1 is 1.26 bits per heavy atom. The van der Waals surface area contributed by atoms with Crippen LogP contribution in [0.4, 0.5) is 0 Å².